The zero-order valence-corrected chi connectivity index (χ0v) is 11.6. The van der Waals surface area contributed by atoms with Crippen molar-refractivity contribution in [1.82, 2.24) is 9.97 Å². The normalized spacial score (nSPS) is 22.0. The summed E-state index contributed by atoms with van der Waals surface area (Å²) in [6, 6.07) is 1.89. The summed E-state index contributed by atoms with van der Waals surface area (Å²) < 4.78 is 23.0. The number of rotatable bonds is 4. The van der Waals surface area contributed by atoms with Crippen LogP contribution in [0.5, 0.6) is 0 Å². The van der Waals surface area contributed by atoms with E-state index in [4.69, 9.17) is 0 Å². The van der Waals surface area contributed by atoms with Crippen molar-refractivity contribution in [2.45, 2.75) is 32.6 Å². The van der Waals surface area contributed by atoms with Gasteiger partial charge in [-0.25, -0.2) is 18.4 Å². The van der Waals surface area contributed by atoms with Crippen LogP contribution in [0.1, 0.15) is 37.2 Å². The molecule has 1 aromatic heterocycles. The quantitative estimate of drug-likeness (QED) is 0.897. The Bertz CT molecular complexity index is 528. The second-order valence-electron chi connectivity index (χ2n) is 4.78. The Morgan fingerprint density at radius 2 is 2.22 bits per heavy atom. The highest BCUT2D eigenvalue weighted by atomic mass is 32.2. The van der Waals surface area contributed by atoms with E-state index >= 15 is 0 Å². The van der Waals surface area contributed by atoms with E-state index in [1.807, 2.05) is 13.0 Å². The predicted molar refractivity (Wildman–Crippen MR) is 71.6 cm³/mol. The summed E-state index contributed by atoms with van der Waals surface area (Å²) in [5.74, 6) is 1.85. The molecule has 100 valence electrons. The summed E-state index contributed by atoms with van der Waals surface area (Å²) in [7, 11) is -2.89. The molecule has 1 aliphatic heterocycles. The van der Waals surface area contributed by atoms with Crippen molar-refractivity contribution in [2.24, 2.45) is 0 Å². The lowest BCUT2D eigenvalue weighted by atomic mass is 10.1. The van der Waals surface area contributed by atoms with Gasteiger partial charge in [-0.2, -0.15) is 0 Å². The number of hydrogen-bond donors (Lipinski definition) is 1. The summed E-state index contributed by atoms with van der Waals surface area (Å²) >= 11 is 0. The first-order chi connectivity index (χ1) is 8.50. The van der Waals surface area contributed by atoms with Crippen LogP contribution < -0.4 is 5.32 Å². The molecule has 1 aromatic rings. The van der Waals surface area contributed by atoms with Crippen LogP contribution in [0.4, 0.5) is 5.82 Å². The SMILES string of the molecule is CCCNc1cc(C)nc(C2CCS(=O)(=O)C2)n1. The van der Waals surface area contributed by atoms with Crippen molar-refractivity contribution in [3.05, 3.63) is 17.6 Å². The van der Waals surface area contributed by atoms with Gasteiger partial charge in [-0.1, -0.05) is 6.92 Å². The Labute approximate surface area is 108 Å². The van der Waals surface area contributed by atoms with Gasteiger partial charge in [0.25, 0.3) is 0 Å². The molecular formula is C12H19N3O2S. The van der Waals surface area contributed by atoms with Crippen LogP contribution in [-0.4, -0.2) is 36.4 Å². The van der Waals surface area contributed by atoms with Gasteiger partial charge in [-0.05, 0) is 19.8 Å². The largest absolute Gasteiger partial charge is 0.370 e. The van der Waals surface area contributed by atoms with Crippen molar-refractivity contribution in [3.63, 3.8) is 0 Å². The Hall–Kier alpha value is -1.17. The van der Waals surface area contributed by atoms with E-state index in [-0.39, 0.29) is 17.4 Å². The second-order valence-corrected chi connectivity index (χ2v) is 7.01. The fraction of sp³-hybridized carbons (Fsp3) is 0.667. The average Bonchev–Trinajstić information content (AvgIpc) is 2.66. The van der Waals surface area contributed by atoms with E-state index in [2.05, 4.69) is 22.2 Å². The zero-order chi connectivity index (χ0) is 13.2. The van der Waals surface area contributed by atoms with Crippen molar-refractivity contribution in [3.8, 4) is 0 Å². The third-order valence-corrected chi connectivity index (χ3v) is 4.79. The average molecular weight is 269 g/mol. The lowest BCUT2D eigenvalue weighted by Gasteiger charge is -2.10. The molecule has 1 fully saturated rings. The van der Waals surface area contributed by atoms with Gasteiger partial charge in [0, 0.05) is 24.2 Å². The molecule has 0 saturated carbocycles. The summed E-state index contributed by atoms with van der Waals surface area (Å²) in [6.45, 7) is 4.86. The molecule has 5 nitrogen and oxygen atoms in total. The molecule has 0 radical (unpaired) electrons. The summed E-state index contributed by atoms with van der Waals surface area (Å²) in [4.78, 5) is 8.81. The summed E-state index contributed by atoms with van der Waals surface area (Å²) in [5, 5.41) is 3.22. The highest BCUT2D eigenvalue weighted by Gasteiger charge is 2.31. The maximum atomic E-state index is 11.5. The predicted octanol–water partition coefficient (Wildman–Crippen LogP) is 1.51. The van der Waals surface area contributed by atoms with E-state index in [9.17, 15) is 8.42 Å². The third-order valence-electron chi connectivity index (χ3n) is 3.03. The Morgan fingerprint density at radius 3 is 2.83 bits per heavy atom. The molecule has 1 saturated heterocycles. The molecule has 2 rings (SSSR count). The Morgan fingerprint density at radius 1 is 1.44 bits per heavy atom. The molecule has 2 heterocycles. The number of sulfone groups is 1. The minimum atomic E-state index is -2.89. The van der Waals surface area contributed by atoms with Crippen LogP contribution in [0, 0.1) is 6.92 Å². The molecule has 6 heteroatoms. The van der Waals surface area contributed by atoms with Crippen molar-refractivity contribution < 1.29 is 8.42 Å². The molecule has 0 aliphatic carbocycles. The fourth-order valence-electron chi connectivity index (χ4n) is 2.12. The van der Waals surface area contributed by atoms with Crippen LogP contribution in [0.3, 0.4) is 0 Å². The highest BCUT2D eigenvalue weighted by Crippen LogP contribution is 2.27. The Balaban J connectivity index is 2.20. The number of nitrogens with zero attached hydrogens (tertiary/aromatic N) is 2. The van der Waals surface area contributed by atoms with Gasteiger partial charge in [0.05, 0.1) is 11.5 Å². The molecule has 18 heavy (non-hydrogen) atoms. The number of anilines is 1. The molecule has 1 unspecified atom stereocenters. The lowest BCUT2D eigenvalue weighted by molar-refractivity contribution is 0.601. The maximum Gasteiger partial charge on any atom is 0.151 e. The van der Waals surface area contributed by atoms with Crippen LogP contribution >= 0.6 is 0 Å². The molecule has 0 bridgehead atoms. The smallest absolute Gasteiger partial charge is 0.151 e. The van der Waals surface area contributed by atoms with Gasteiger partial charge in [0.2, 0.25) is 0 Å². The second kappa shape index (κ2) is 5.22. The fourth-order valence-corrected chi connectivity index (χ4v) is 3.86. The van der Waals surface area contributed by atoms with Gasteiger partial charge < -0.3 is 5.32 Å². The van der Waals surface area contributed by atoms with E-state index < -0.39 is 9.84 Å². The van der Waals surface area contributed by atoms with Crippen LogP contribution in [0.15, 0.2) is 6.07 Å². The zero-order valence-electron chi connectivity index (χ0n) is 10.8. The van der Waals surface area contributed by atoms with Gasteiger partial charge in [-0.3, -0.25) is 0 Å². The topological polar surface area (TPSA) is 72.0 Å². The van der Waals surface area contributed by atoms with Crippen molar-refractivity contribution >= 4 is 15.7 Å². The standard InChI is InChI=1S/C12H19N3O2S/c1-3-5-13-11-7-9(2)14-12(15-11)10-4-6-18(16,17)8-10/h7,10H,3-6,8H2,1-2H3,(H,13,14,15). The Kier molecular flexibility index (Phi) is 3.85. The summed E-state index contributed by atoms with van der Waals surface area (Å²) in [5.41, 5.74) is 0.878. The first-order valence-corrected chi connectivity index (χ1v) is 8.12. The number of nitrogens with one attached hydrogen (secondary N) is 1. The molecule has 0 aromatic carbocycles. The lowest BCUT2D eigenvalue weighted by Crippen LogP contribution is -2.11. The highest BCUT2D eigenvalue weighted by molar-refractivity contribution is 7.91. The van der Waals surface area contributed by atoms with Crippen LogP contribution in [0.25, 0.3) is 0 Å². The van der Waals surface area contributed by atoms with Crippen LogP contribution in [0.2, 0.25) is 0 Å². The third kappa shape index (κ3) is 3.19. The minimum Gasteiger partial charge on any atom is -0.370 e. The molecule has 1 aliphatic rings. The van der Waals surface area contributed by atoms with E-state index in [1.54, 1.807) is 0 Å². The number of aryl methyl sites for hydroxylation is 1. The van der Waals surface area contributed by atoms with Crippen LogP contribution in [-0.2, 0) is 9.84 Å². The minimum absolute atomic E-state index is 0.0444. The molecule has 1 atom stereocenters. The van der Waals surface area contributed by atoms with Crippen molar-refractivity contribution in [1.29, 1.82) is 0 Å². The maximum absolute atomic E-state index is 11.5. The summed E-state index contributed by atoms with van der Waals surface area (Å²) in [6.07, 6.45) is 1.66. The van der Waals surface area contributed by atoms with Gasteiger partial charge in [-0.15, -0.1) is 0 Å². The monoisotopic (exact) mass is 269 g/mol. The van der Waals surface area contributed by atoms with Crippen molar-refractivity contribution in [2.75, 3.05) is 23.4 Å². The molecular weight excluding hydrogens is 250 g/mol. The van der Waals surface area contributed by atoms with Gasteiger partial charge in [0.1, 0.15) is 11.6 Å². The molecule has 1 N–H and O–H groups in total. The molecule has 0 amide bonds. The van der Waals surface area contributed by atoms with E-state index in [1.165, 1.54) is 0 Å². The first-order valence-electron chi connectivity index (χ1n) is 6.30. The van der Waals surface area contributed by atoms with Gasteiger partial charge in [0.15, 0.2) is 9.84 Å². The number of aromatic nitrogens is 2. The van der Waals surface area contributed by atoms with E-state index in [0.29, 0.717) is 12.2 Å². The molecule has 0 spiro atoms. The van der Waals surface area contributed by atoms with Gasteiger partial charge >= 0.3 is 0 Å². The first kappa shape index (κ1) is 13.3. The van der Waals surface area contributed by atoms with E-state index in [0.717, 1.165) is 24.5 Å². The number of hydrogen-bond acceptors (Lipinski definition) is 5.